The lowest BCUT2D eigenvalue weighted by Gasteiger charge is -2.35. The predicted molar refractivity (Wildman–Crippen MR) is 110 cm³/mol. The second kappa shape index (κ2) is 9.65. The third-order valence-corrected chi connectivity index (χ3v) is 7.77. The van der Waals surface area contributed by atoms with E-state index in [9.17, 15) is 35.2 Å². The number of nitrogens with two attached hydrogens (primary N) is 2. The first-order valence-corrected chi connectivity index (χ1v) is 11.4. The van der Waals surface area contributed by atoms with E-state index in [1.807, 2.05) is 0 Å². The molecule has 0 aliphatic carbocycles. The fourth-order valence-corrected chi connectivity index (χ4v) is 5.67. The van der Waals surface area contributed by atoms with Gasteiger partial charge in [-0.15, -0.1) is 0 Å². The van der Waals surface area contributed by atoms with Crippen LogP contribution < -0.4 is 16.8 Å². The van der Waals surface area contributed by atoms with Gasteiger partial charge in [0.25, 0.3) is 0 Å². The summed E-state index contributed by atoms with van der Waals surface area (Å²) in [5.41, 5.74) is 9.54. The van der Waals surface area contributed by atoms with Crippen molar-refractivity contribution in [2.45, 2.75) is 29.2 Å². The minimum Gasteiger partial charge on any atom is -0.405 e. The highest BCUT2D eigenvalue weighted by Crippen LogP contribution is 2.43. The molecule has 0 aromatic heterocycles. The summed E-state index contributed by atoms with van der Waals surface area (Å²) >= 11 is 2.66. The van der Waals surface area contributed by atoms with E-state index < -0.39 is 48.1 Å². The highest BCUT2D eigenvalue weighted by atomic mass is 79.9. The maximum Gasteiger partial charge on any atom is 0.416 e. The summed E-state index contributed by atoms with van der Waals surface area (Å²) in [4.78, 5) is 12.5. The Labute approximate surface area is 189 Å². The summed E-state index contributed by atoms with van der Waals surface area (Å²) in [5.74, 6) is -1.64. The molecule has 1 aliphatic rings. The minimum absolute atomic E-state index is 0.167. The van der Waals surface area contributed by atoms with Gasteiger partial charge in [0.1, 0.15) is 0 Å². The van der Waals surface area contributed by atoms with Gasteiger partial charge in [-0.2, -0.15) is 22.0 Å². The molecule has 1 aromatic carbocycles. The molecular formula is C18H20BrF5N4O3S. The van der Waals surface area contributed by atoms with Crippen LogP contribution in [0.25, 0.3) is 0 Å². The van der Waals surface area contributed by atoms with Crippen molar-refractivity contribution in [2.75, 3.05) is 13.1 Å². The number of allylic oxidation sites excluding steroid dienone is 1. The van der Waals surface area contributed by atoms with Crippen molar-refractivity contribution >= 4 is 31.8 Å². The quantitative estimate of drug-likeness (QED) is 0.385. The van der Waals surface area contributed by atoms with Crippen molar-refractivity contribution in [3.8, 4) is 0 Å². The van der Waals surface area contributed by atoms with Gasteiger partial charge in [0, 0.05) is 29.7 Å². The van der Waals surface area contributed by atoms with Gasteiger partial charge in [-0.3, -0.25) is 0 Å². The Hall–Kier alpha value is -2.35. The largest absolute Gasteiger partial charge is 0.416 e. The lowest BCUT2D eigenvalue weighted by molar-refractivity contribution is -0.137. The summed E-state index contributed by atoms with van der Waals surface area (Å²) < 4.78 is 92.9. The van der Waals surface area contributed by atoms with Gasteiger partial charge in [-0.25, -0.2) is 13.2 Å². The summed E-state index contributed by atoms with van der Waals surface area (Å²) in [5, 5.41) is -1.84. The van der Waals surface area contributed by atoms with E-state index >= 15 is 0 Å². The van der Waals surface area contributed by atoms with Crippen LogP contribution in [0.1, 0.15) is 18.4 Å². The Kier molecular flexibility index (Phi) is 7.81. The lowest BCUT2D eigenvalue weighted by atomic mass is 9.97. The molecule has 0 bridgehead atoms. The van der Waals surface area contributed by atoms with Crippen LogP contribution >= 0.6 is 15.9 Å². The van der Waals surface area contributed by atoms with Crippen molar-refractivity contribution in [3.63, 3.8) is 0 Å². The molecule has 1 aliphatic heterocycles. The maximum absolute atomic E-state index is 15.0. The number of rotatable bonds is 5. The highest BCUT2D eigenvalue weighted by Gasteiger charge is 2.54. The topological polar surface area (TPSA) is 119 Å². The Morgan fingerprint density at radius 2 is 1.75 bits per heavy atom. The molecule has 1 fully saturated rings. The summed E-state index contributed by atoms with van der Waals surface area (Å²) in [6.07, 6.45) is -1.92. The first kappa shape index (κ1) is 25.9. The number of halogens is 6. The summed E-state index contributed by atoms with van der Waals surface area (Å²) in [6.45, 7) is -0.333. The Bertz CT molecular complexity index is 1020. The molecular weight excluding hydrogens is 527 g/mol. The number of likely N-dealkylation sites (tertiary alicyclic amines) is 1. The Morgan fingerprint density at radius 3 is 2.22 bits per heavy atom. The molecule has 0 saturated carbocycles. The summed E-state index contributed by atoms with van der Waals surface area (Å²) in [7, 11) is -5.31. The zero-order chi connectivity index (χ0) is 24.3. The smallest absolute Gasteiger partial charge is 0.405 e. The number of amides is 2. The van der Waals surface area contributed by atoms with Crippen molar-refractivity contribution in [1.29, 1.82) is 0 Å². The average Bonchev–Trinajstić information content (AvgIpc) is 2.72. The van der Waals surface area contributed by atoms with E-state index in [-0.39, 0.29) is 31.6 Å². The second-order valence-corrected chi connectivity index (χ2v) is 9.73. The van der Waals surface area contributed by atoms with Gasteiger partial charge in [0.15, 0.2) is 0 Å². The van der Waals surface area contributed by atoms with E-state index in [2.05, 4.69) is 21.2 Å². The first-order valence-electron chi connectivity index (χ1n) is 9.11. The molecule has 1 heterocycles. The van der Waals surface area contributed by atoms with Crippen LogP contribution in [-0.2, 0) is 16.0 Å². The van der Waals surface area contributed by atoms with Gasteiger partial charge in [-0.1, -0.05) is 0 Å². The maximum atomic E-state index is 15.0. The van der Waals surface area contributed by atoms with Gasteiger partial charge in [0.05, 0.1) is 16.2 Å². The molecule has 178 valence electrons. The van der Waals surface area contributed by atoms with Crippen LogP contribution in [0.15, 0.2) is 51.7 Å². The van der Waals surface area contributed by atoms with E-state index in [1.54, 1.807) is 0 Å². The average molecular weight is 547 g/mol. The molecule has 14 heteroatoms. The number of carbonyl (C=O) groups excluding carboxylic acids is 1. The molecule has 0 atom stereocenters. The predicted octanol–water partition coefficient (Wildman–Crippen LogP) is 3.53. The first-order chi connectivity index (χ1) is 14.8. The normalized spacial score (nSPS) is 17.1. The van der Waals surface area contributed by atoms with Crippen LogP contribution in [0.2, 0.25) is 0 Å². The SMILES string of the molecule is N/C=C\C(=C/N)NC(=O)N1CCC(C(F)(F)S(=O)(=O)c2ccc(C(F)(F)F)cc2Br)CC1. The van der Waals surface area contributed by atoms with E-state index in [1.165, 1.54) is 11.0 Å². The van der Waals surface area contributed by atoms with E-state index in [4.69, 9.17) is 11.5 Å². The number of sulfone groups is 1. The second-order valence-electron chi connectivity index (χ2n) is 6.88. The Morgan fingerprint density at radius 1 is 1.16 bits per heavy atom. The number of nitrogens with zero attached hydrogens (tertiary/aromatic N) is 1. The number of benzene rings is 1. The molecule has 0 unspecified atom stereocenters. The van der Waals surface area contributed by atoms with Crippen molar-refractivity contribution in [2.24, 2.45) is 17.4 Å². The lowest BCUT2D eigenvalue weighted by Crippen LogP contribution is -2.48. The fraction of sp³-hybridized carbons (Fsp3) is 0.389. The zero-order valence-electron chi connectivity index (χ0n) is 16.4. The van der Waals surface area contributed by atoms with Crippen LogP contribution in [0.5, 0.6) is 0 Å². The Balaban J connectivity index is 2.17. The fourth-order valence-electron chi connectivity index (χ4n) is 3.12. The molecule has 7 nitrogen and oxygen atoms in total. The van der Waals surface area contributed by atoms with Crippen molar-refractivity contribution < 1.29 is 35.2 Å². The molecule has 2 amide bonds. The van der Waals surface area contributed by atoms with Crippen molar-refractivity contribution in [3.05, 3.63) is 52.4 Å². The number of alkyl halides is 5. The summed E-state index contributed by atoms with van der Waals surface area (Å²) in [6, 6.07) is 0.743. The molecule has 1 saturated heterocycles. The van der Waals surface area contributed by atoms with Crippen LogP contribution in [-0.4, -0.2) is 37.7 Å². The minimum atomic E-state index is -5.31. The van der Waals surface area contributed by atoms with Crippen LogP contribution in [0, 0.1) is 5.92 Å². The number of urea groups is 1. The van der Waals surface area contributed by atoms with Gasteiger partial charge in [-0.05, 0) is 59.2 Å². The third kappa shape index (κ3) is 5.34. The number of carbonyl (C=O) groups is 1. The van der Waals surface area contributed by atoms with Gasteiger partial charge >= 0.3 is 17.5 Å². The monoisotopic (exact) mass is 546 g/mol. The number of hydrogen-bond acceptors (Lipinski definition) is 5. The molecule has 2 rings (SSSR count). The molecule has 1 aromatic rings. The third-order valence-electron chi connectivity index (χ3n) is 4.87. The van der Waals surface area contributed by atoms with Gasteiger partial charge < -0.3 is 21.7 Å². The molecule has 5 N–H and O–H groups in total. The molecule has 32 heavy (non-hydrogen) atoms. The molecule has 0 radical (unpaired) electrons. The van der Waals surface area contributed by atoms with E-state index in [0.29, 0.717) is 18.2 Å². The van der Waals surface area contributed by atoms with Crippen LogP contribution in [0.3, 0.4) is 0 Å². The van der Waals surface area contributed by atoms with Crippen molar-refractivity contribution in [1.82, 2.24) is 10.2 Å². The molecule has 0 spiro atoms. The number of hydrogen-bond donors (Lipinski definition) is 3. The zero-order valence-corrected chi connectivity index (χ0v) is 18.8. The van der Waals surface area contributed by atoms with Crippen LogP contribution in [0.4, 0.5) is 26.7 Å². The van der Waals surface area contributed by atoms with Gasteiger partial charge in [0.2, 0.25) is 9.84 Å². The highest BCUT2D eigenvalue weighted by molar-refractivity contribution is 9.10. The standard InChI is InChI=1S/C18H20BrF5N4O3S/c19-14-9-12(17(20,21)22)1-2-15(14)32(30,31)18(23,24)11-4-7-28(8-5-11)16(29)27-13(10-26)3-6-25/h1-3,6,9-11H,4-5,7-8,25-26H2,(H,27,29)/b6-3-,13-10+. The number of nitrogens with one attached hydrogen (secondary N) is 1. The number of piperidine rings is 1. The van der Waals surface area contributed by atoms with E-state index in [0.717, 1.165) is 12.4 Å².